The van der Waals surface area contributed by atoms with E-state index in [4.69, 9.17) is 9.73 Å². The molecule has 0 unspecified atom stereocenters. The SMILES string of the molecule is CCNC(=NCc1cccc(Cn2cccn2)c1)N1CCC(C(=O)OCC)CC1.I. The second-order valence-corrected chi connectivity index (χ2v) is 7.21. The number of halogens is 1. The van der Waals surface area contributed by atoms with Crippen LogP contribution < -0.4 is 5.32 Å². The van der Waals surface area contributed by atoms with Gasteiger partial charge < -0.3 is 15.0 Å². The summed E-state index contributed by atoms with van der Waals surface area (Å²) in [7, 11) is 0. The van der Waals surface area contributed by atoms with Crippen molar-refractivity contribution in [1.29, 1.82) is 0 Å². The Morgan fingerprint density at radius 3 is 2.67 bits per heavy atom. The van der Waals surface area contributed by atoms with Gasteiger partial charge in [-0.3, -0.25) is 9.48 Å². The van der Waals surface area contributed by atoms with Gasteiger partial charge in [0.15, 0.2) is 5.96 Å². The Balaban J connectivity index is 0.00000320. The molecule has 164 valence electrons. The quantitative estimate of drug-likeness (QED) is 0.260. The van der Waals surface area contributed by atoms with E-state index < -0.39 is 0 Å². The second kappa shape index (κ2) is 12.6. The second-order valence-electron chi connectivity index (χ2n) is 7.21. The smallest absolute Gasteiger partial charge is 0.309 e. The molecule has 1 aromatic carbocycles. The number of nitrogens with zero attached hydrogens (tertiary/aromatic N) is 4. The van der Waals surface area contributed by atoms with Crippen LogP contribution in [0.4, 0.5) is 0 Å². The molecular weight excluding hydrogens is 493 g/mol. The number of hydrogen-bond acceptors (Lipinski definition) is 4. The van der Waals surface area contributed by atoms with Gasteiger partial charge in [0.05, 0.1) is 25.6 Å². The first-order valence-corrected chi connectivity index (χ1v) is 10.4. The van der Waals surface area contributed by atoms with Crippen LogP contribution in [-0.4, -0.2) is 52.9 Å². The van der Waals surface area contributed by atoms with Crippen LogP contribution in [0.1, 0.15) is 37.8 Å². The van der Waals surface area contributed by atoms with Gasteiger partial charge in [0, 0.05) is 32.0 Å². The van der Waals surface area contributed by atoms with Crippen LogP contribution in [0.3, 0.4) is 0 Å². The highest BCUT2D eigenvalue weighted by molar-refractivity contribution is 14.0. The fourth-order valence-electron chi connectivity index (χ4n) is 3.59. The maximum absolute atomic E-state index is 12.0. The summed E-state index contributed by atoms with van der Waals surface area (Å²) in [5.41, 5.74) is 2.38. The van der Waals surface area contributed by atoms with E-state index in [0.29, 0.717) is 13.2 Å². The fourth-order valence-corrected chi connectivity index (χ4v) is 3.59. The number of aromatic nitrogens is 2. The van der Waals surface area contributed by atoms with Gasteiger partial charge in [0.2, 0.25) is 0 Å². The number of esters is 1. The molecule has 2 heterocycles. The van der Waals surface area contributed by atoms with Gasteiger partial charge in [-0.15, -0.1) is 24.0 Å². The van der Waals surface area contributed by atoms with Gasteiger partial charge in [-0.2, -0.15) is 5.10 Å². The molecule has 1 aliphatic heterocycles. The van der Waals surface area contributed by atoms with Crippen molar-refractivity contribution in [3.63, 3.8) is 0 Å². The average molecular weight is 525 g/mol. The number of nitrogens with one attached hydrogen (secondary N) is 1. The van der Waals surface area contributed by atoms with Gasteiger partial charge in [0.1, 0.15) is 0 Å². The molecular formula is C22H32IN5O2. The molecule has 1 fully saturated rings. The van der Waals surface area contributed by atoms with Crippen molar-refractivity contribution < 1.29 is 9.53 Å². The van der Waals surface area contributed by atoms with Gasteiger partial charge >= 0.3 is 5.97 Å². The molecule has 0 amide bonds. The number of aliphatic imine (C=N–C) groups is 1. The van der Waals surface area contributed by atoms with E-state index in [1.807, 2.05) is 23.9 Å². The number of likely N-dealkylation sites (tertiary alicyclic amines) is 1. The molecule has 30 heavy (non-hydrogen) atoms. The highest BCUT2D eigenvalue weighted by Gasteiger charge is 2.27. The zero-order valence-electron chi connectivity index (χ0n) is 17.8. The monoisotopic (exact) mass is 525 g/mol. The normalized spacial score (nSPS) is 14.9. The maximum atomic E-state index is 12.0. The Morgan fingerprint density at radius 1 is 1.23 bits per heavy atom. The first kappa shape index (κ1) is 24.2. The van der Waals surface area contributed by atoms with E-state index >= 15 is 0 Å². The van der Waals surface area contributed by atoms with Crippen molar-refractivity contribution in [1.82, 2.24) is 20.0 Å². The van der Waals surface area contributed by atoms with Crippen molar-refractivity contribution in [2.75, 3.05) is 26.2 Å². The lowest BCUT2D eigenvalue weighted by Crippen LogP contribution is -2.46. The summed E-state index contributed by atoms with van der Waals surface area (Å²) in [5.74, 6) is 0.850. The minimum absolute atomic E-state index is 0. The predicted octanol–water partition coefficient (Wildman–Crippen LogP) is 3.29. The van der Waals surface area contributed by atoms with Crippen LogP contribution in [0.15, 0.2) is 47.7 Å². The summed E-state index contributed by atoms with van der Waals surface area (Å²) < 4.78 is 7.09. The molecule has 0 spiro atoms. The number of ether oxygens (including phenoxy) is 1. The topological polar surface area (TPSA) is 71.8 Å². The Bertz CT molecular complexity index is 802. The summed E-state index contributed by atoms with van der Waals surface area (Å²) in [4.78, 5) is 19.1. The lowest BCUT2D eigenvalue weighted by molar-refractivity contribution is -0.149. The number of rotatable bonds is 7. The Hall–Kier alpha value is -2.10. The minimum atomic E-state index is -0.0666. The third kappa shape index (κ3) is 7.00. The Kier molecular flexibility index (Phi) is 10.1. The number of benzene rings is 1. The van der Waals surface area contributed by atoms with E-state index in [-0.39, 0.29) is 35.9 Å². The van der Waals surface area contributed by atoms with Crippen molar-refractivity contribution >= 4 is 35.9 Å². The average Bonchev–Trinajstić information content (AvgIpc) is 3.25. The van der Waals surface area contributed by atoms with Crippen LogP contribution in [0.2, 0.25) is 0 Å². The van der Waals surface area contributed by atoms with Crippen LogP contribution in [0, 0.1) is 5.92 Å². The number of carbonyl (C=O) groups excluding carboxylic acids is 1. The number of guanidine groups is 1. The molecule has 0 bridgehead atoms. The predicted molar refractivity (Wildman–Crippen MR) is 129 cm³/mol. The molecule has 7 nitrogen and oxygen atoms in total. The van der Waals surface area contributed by atoms with Gasteiger partial charge in [-0.25, -0.2) is 4.99 Å². The van der Waals surface area contributed by atoms with Crippen molar-refractivity contribution in [2.24, 2.45) is 10.9 Å². The first-order chi connectivity index (χ1) is 14.2. The van der Waals surface area contributed by atoms with Crippen LogP contribution in [0.5, 0.6) is 0 Å². The zero-order chi connectivity index (χ0) is 20.5. The van der Waals surface area contributed by atoms with Crippen molar-refractivity contribution in [3.8, 4) is 0 Å². The van der Waals surface area contributed by atoms with E-state index in [0.717, 1.165) is 45.0 Å². The summed E-state index contributed by atoms with van der Waals surface area (Å²) in [6.45, 7) is 8.19. The molecule has 8 heteroatoms. The molecule has 1 saturated heterocycles. The van der Waals surface area contributed by atoms with E-state index in [2.05, 4.69) is 46.5 Å². The van der Waals surface area contributed by atoms with Gasteiger partial charge in [0.25, 0.3) is 0 Å². The first-order valence-electron chi connectivity index (χ1n) is 10.4. The fraction of sp³-hybridized carbons (Fsp3) is 0.500. The third-order valence-corrected chi connectivity index (χ3v) is 5.06. The van der Waals surface area contributed by atoms with Crippen LogP contribution in [0.25, 0.3) is 0 Å². The highest BCUT2D eigenvalue weighted by atomic mass is 127. The summed E-state index contributed by atoms with van der Waals surface area (Å²) in [6.07, 6.45) is 5.38. The minimum Gasteiger partial charge on any atom is -0.466 e. The summed E-state index contributed by atoms with van der Waals surface area (Å²) >= 11 is 0. The zero-order valence-corrected chi connectivity index (χ0v) is 20.1. The standard InChI is InChI=1S/C22H31N5O2.HI/c1-3-23-22(26-13-9-20(10-14-26)21(28)29-4-2)24-16-18-7-5-8-19(15-18)17-27-12-6-11-25-27;/h5-8,11-12,15,20H,3-4,9-10,13-14,16-17H2,1-2H3,(H,23,24);1H. The van der Waals surface area contributed by atoms with E-state index in [1.54, 1.807) is 6.20 Å². The molecule has 0 radical (unpaired) electrons. The molecule has 0 atom stereocenters. The molecule has 1 N–H and O–H groups in total. The lowest BCUT2D eigenvalue weighted by Gasteiger charge is -2.33. The van der Waals surface area contributed by atoms with E-state index in [1.165, 1.54) is 11.1 Å². The van der Waals surface area contributed by atoms with Gasteiger partial charge in [-0.1, -0.05) is 24.3 Å². The molecule has 0 aliphatic carbocycles. The maximum Gasteiger partial charge on any atom is 0.309 e. The lowest BCUT2D eigenvalue weighted by atomic mass is 9.97. The largest absolute Gasteiger partial charge is 0.466 e. The molecule has 0 saturated carbocycles. The highest BCUT2D eigenvalue weighted by Crippen LogP contribution is 2.19. The van der Waals surface area contributed by atoms with Crippen molar-refractivity contribution in [2.45, 2.75) is 39.8 Å². The molecule has 2 aromatic rings. The molecule has 1 aliphatic rings. The van der Waals surface area contributed by atoms with Crippen LogP contribution >= 0.6 is 24.0 Å². The van der Waals surface area contributed by atoms with E-state index in [9.17, 15) is 4.79 Å². The number of piperidine rings is 1. The number of carbonyl (C=O) groups is 1. The summed E-state index contributed by atoms with van der Waals surface area (Å²) in [6, 6.07) is 10.4. The van der Waals surface area contributed by atoms with Crippen molar-refractivity contribution in [3.05, 3.63) is 53.9 Å². The van der Waals surface area contributed by atoms with Crippen LogP contribution in [-0.2, 0) is 22.6 Å². The third-order valence-electron chi connectivity index (χ3n) is 5.06. The molecule has 3 rings (SSSR count). The Labute approximate surface area is 195 Å². The number of hydrogen-bond donors (Lipinski definition) is 1. The summed E-state index contributed by atoms with van der Waals surface area (Å²) in [5, 5.41) is 7.66. The molecule has 1 aromatic heterocycles. The Morgan fingerprint density at radius 2 is 2.00 bits per heavy atom. The van der Waals surface area contributed by atoms with Gasteiger partial charge in [-0.05, 0) is 43.9 Å².